The zero-order valence-electron chi connectivity index (χ0n) is 9.94. The Morgan fingerprint density at radius 3 is 2.53 bits per heavy atom. The molecule has 0 aliphatic rings. The number of nitrogens with two attached hydrogens (primary N) is 1. The number of hydrogen-bond donors (Lipinski definition) is 2. The molecule has 19 heavy (non-hydrogen) atoms. The average Bonchev–Trinajstić information content (AvgIpc) is 2.43. The van der Waals surface area contributed by atoms with Crippen LogP contribution in [0.5, 0.6) is 0 Å². The van der Waals surface area contributed by atoms with E-state index in [1.54, 1.807) is 24.3 Å². The summed E-state index contributed by atoms with van der Waals surface area (Å²) in [4.78, 5) is 11.9. The van der Waals surface area contributed by atoms with Gasteiger partial charge in [-0.1, -0.05) is 41.9 Å². The zero-order valence-corrected chi connectivity index (χ0v) is 10.7. The van der Waals surface area contributed by atoms with Crippen LogP contribution in [0, 0.1) is 5.82 Å². The Bertz CT molecular complexity index is 589. The highest BCUT2D eigenvalue weighted by atomic mass is 35.5. The summed E-state index contributed by atoms with van der Waals surface area (Å²) in [5, 5.41) is 2.55. The lowest BCUT2D eigenvalue weighted by atomic mass is 10.1. The molecule has 2 aromatic rings. The largest absolute Gasteiger partial charge is 0.324 e. The molecule has 0 bridgehead atoms. The second kappa shape index (κ2) is 5.82. The van der Waals surface area contributed by atoms with Crippen LogP contribution in [0.2, 0.25) is 5.02 Å². The first kappa shape index (κ1) is 13.5. The minimum atomic E-state index is -0.806. The van der Waals surface area contributed by atoms with Gasteiger partial charge in [-0.15, -0.1) is 0 Å². The van der Waals surface area contributed by atoms with Crippen molar-refractivity contribution in [3.05, 3.63) is 64.9 Å². The molecule has 0 saturated carbocycles. The number of amides is 1. The topological polar surface area (TPSA) is 55.1 Å². The molecule has 3 N–H and O–H groups in total. The van der Waals surface area contributed by atoms with E-state index in [9.17, 15) is 9.18 Å². The van der Waals surface area contributed by atoms with Gasteiger partial charge in [-0.25, -0.2) is 4.39 Å². The van der Waals surface area contributed by atoms with Crippen molar-refractivity contribution >= 4 is 23.2 Å². The van der Waals surface area contributed by atoms with Crippen LogP contribution < -0.4 is 11.1 Å². The fraction of sp³-hybridized carbons (Fsp3) is 0.0714. The molecule has 0 fully saturated rings. The summed E-state index contributed by atoms with van der Waals surface area (Å²) in [5.41, 5.74) is 6.83. The van der Waals surface area contributed by atoms with Crippen LogP contribution in [0.4, 0.5) is 10.1 Å². The number of rotatable bonds is 3. The van der Waals surface area contributed by atoms with Gasteiger partial charge in [0.15, 0.2) is 0 Å². The van der Waals surface area contributed by atoms with Gasteiger partial charge < -0.3 is 11.1 Å². The van der Waals surface area contributed by atoms with Gasteiger partial charge in [-0.3, -0.25) is 4.79 Å². The van der Waals surface area contributed by atoms with Gasteiger partial charge in [0.25, 0.3) is 0 Å². The minimum Gasteiger partial charge on any atom is -0.324 e. The first-order valence-corrected chi connectivity index (χ1v) is 6.02. The molecule has 98 valence electrons. The summed E-state index contributed by atoms with van der Waals surface area (Å²) >= 11 is 5.56. The number of benzene rings is 2. The molecule has 0 aromatic heterocycles. The molecule has 1 amide bonds. The number of anilines is 1. The number of halogens is 2. The molecule has 0 saturated heterocycles. The third-order valence-corrected chi connectivity index (χ3v) is 2.93. The van der Waals surface area contributed by atoms with Crippen LogP contribution in [0.15, 0.2) is 48.5 Å². The molecule has 2 rings (SSSR count). The molecule has 1 atom stereocenters. The molecule has 0 aliphatic carbocycles. The third-order valence-electron chi connectivity index (χ3n) is 2.63. The van der Waals surface area contributed by atoms with Crippen LogP contribution in [-0.2, 0) is 4.79 Å². The quantitative estimate of drug-likeness (QED) is 0.906. The molecule has 0 heterocycles. The second-order valence-electron chi connectivity index (χ2n) is 4.01. The first-order chi connectivity index (χ1) is 9.08. The number of carbonyl (C=O) groups is 1. The lowest BCUT2D eigenvalue weighted by molar-refractivity contribution is -0.117. The molecule has 3 nitrogen and oxygen atoms in total. The van der Waals surface area contributed by atoms with E-state index in [1.807, 2.05) is 6.07 Å². The smallest absolute Gasteiger partial charge is 0.245 e. The van der Waals surface area contributed by atoms with E-state index in [0.29, 0.717) is 11.3 Å². The Kier molecular flexibility index (Phi) is 4.14. The Balaban J connectivity index is 2.10. The monoisotopic (exact) mass is 278 g/mol. The van der Waals surface area contributed by atoms with Crippen molar-refractivity contribution in [3.63, 3.8) is 0 Å². The van der Waals surface area contributed by atoms with Gasteiger partial charge in [0.05, 0.1) is 5.02 Å². The third kappa shape index (κ3) is 3.30. The van der Waals surface area contributed by atoms with Gasteiger partial charge in [0, 0.05) is 5.69 Å². The highest BCUT2D eigenvalue weighted by molar-refractivity contribution is 6.30. The fourth-order valence-corrected chi connectivity index (χ4v) is 1.72. The van der Waals surface area contributed by atoms with Crippen LogP contribution in [-0.4, -0.2) is 5.91 Å². The summed E-state index contributed by atoms with van der Waals surface area (Å²) in [7, 11) is 0. The molecule has 0 unspecified atom stereocenters. The Hall–Kier alpha value is -1.91. The maximum atomic E-state index is 13.2. The normalized spacial score (nSPS) is 11.9. The molecule has 0 aliphatic heterocycles. The number of carbonyl (C=O) groups excluding carboxylic acids is 1. The van der Waals surface area contributed by atoms with E-state index in [2.05, 4.69) is 5.32 Å². The van der Waals surface area contributed by atoms with Crippen LogP contribution in [0.25, 0.3) is 0 Å². The Morgan fingerprint density at radius 1 is 1.21 bits per heavy atom. The molecular weight excluding hydrogens is 267 g/mol. The van der Waals surface area contributed by atoms with Crippen LogP contribution in [0.3, 0.4) is 0 Å². The van der Waals surface area contributed by atoms with E-state index in [0.717, 1.165) is 6.07 Å². The molecular formula is C14H12ClFN2O. The molecule has 2 aromatic carbocycles. The first-order valence-electron chi connectivity index (χ1n) is 5.64. The van der Waals surface area contributed by atoms with Gasteiger partial charge in [0.1, 0.15) is 11.9 Å². The van der Waals surface area contributed by atoms with Crippen molar-refractivity contribution in [1.29, 1.82) is 0 Å². The Morgan fingerprint density at radius 2 is 1.89 bits per heavy atom. The predicted octanol–water partition coefficient (Wildman–Crippen LogP) is 3.12. The molecule has 5 heteroatoms. The standard InChI is InChI=1S/C14H12ClFN2O/c15-11-7-6-10(8-12(11)16)18-14(19)13(17)9-4-2-1-3-5-9/h1-8,13H,17H2,(H,18,19)/t13-/m1/s1. The maximum absolute atomic E-state index is 13.2. The molecule has 0 spiro atoms. The van der Waals surface area contributed by atoms with Crippen molar-refractivity contribution < 1.29 is 9.18 Å². The highest BCUT2D eigenvalue weighted by Gasteiger charge is 2.15. The van der Waals surface area contributed by atoms with Crippen molar-refractivity contribution in [2.24, 2.45) is 5.73 Å². The van der Waals surface area contributed by atoms with E-state index < -0.39 is 17.8 Å². The van der Waals surface area contributed by atoms with E-state index in [-0.39, 0.29) is 5.02 Å². The van der Waals surface area contributed by atoms with Crippen molar-refractivity contribution in [3.8, 4) is 0 Å². The second-order valence-corrected chi connectivity index (χ2v) is 4.41. The molecule has 0 radical (unpaired) electrons. The maximum Gasteiger partial charge on any atom is 0.245 e. The van der Waals surface area contributed by atoms with Crippen molar-refractivity contribution in [2.45, 2.75) is 6.04 Å². The summed E-state index contributed by atoms with van der Waals surface area (Å²) in [5.74, 6) is -0.999. The summed E-state index contributed by atoms with van der Waals surface area (Å²) in [6, 6.07) is 12.2. The number of nitrogens with one attached hydrogen (secondary N) is 1. The van der Waals surface area contributed by atoms with Gasteiger partial charge >= 0.3 is 0 Å². The van der Waals surface area contributed by atoms with E-state index in [4.69, 9.17) is 17.3 Å². The summed E-state index contributed by atoms with van der Waals surface area (Å²) in [6.07, 6.45) is 0. The minimum absolute atomic E-state index is 0.00496. The van der Waals surface area contributed by atoms with Gasteiger partial charge in [0.2, 0.25) is 5.91 Å². The van der Waals surface area contributed by atoms with Crippen molar-refractivity contribution in [1.82, 2.24) is 0 Å². The van der Waals surface area contributed by atoms with Gasteiger partial charge in [-0.05, 0) is 23.8 Å². The zero-order chi connectivity index (χ0) is 13.8. The Labute approximate surface area is 115 Å². The van der Waals surface area contributed by atoms with Crippen LogP contribution >= 0.6 is 11.6 Å². The predicted molar refractivity (Wildman–Crippen MR) is 73.4 cm³/mol. The lowest BCUT2D eigenvalue weighted by Gasteiger charge is -2.12. The van der Waals surface area contributed by atoms with E-state index >= 15 is 0 Å². The fourth-order valence-electron chi connectivity index (χ4n) is 1.61. The average molecular weight is 279 g/mol. The summed E-state index contributed by atoms with van der Waals surface area (Å²) in [6.45, 7) is 0. The highest BCUT2D eigenvalue weighted by Crippen LogP contribution is 2.20. The number of hydrogen-bond acceptors (Lipinski definition) is 2. The SMILES string of the molecule is N[C@@H](C(=O)Nc1ccc(Cl)c(F)c1)c1ccccc1. The van der Waals surface area contributed by atoms with E-state index in [1.165, 1.54) is 12.1 Å². The van der Waals surface area contributed by atoms with Crippen LogP contribution in [0.1, 0.15) is 11.6 Å². The van der Waals surface area contributed by atoms with Gasteiger partial charge in [-0.2, -0.15) is 0 Å². The van der Waals surface area contributed by atoms with Crippen molar-refractivity contribution in [2.75, 3.05) is 5.32 Å². The summed E-state index contributed by atoms with van der Waals surface area (Å²) < 4.78 is 13.2. The lowest BCUT2D eigenvalue weighted by Crippen LogP contribution is -2.27.